The number of carbonyl (C=O) groups excluding carboxylic acids is 2. The maximum Gasteiger partial charge on any atom is 0.231 e. The third-order valence-electron chi connectivity index (χ3n) is 3.71. The molecule has 24 heavy (non-hydrogen) atoms. The van der Waals surface area contributed by atoms with Crippen molar-refractivity contribution in [3.8, 4) is 5.75 Å². The number of ether oxygens (including phenoxy) is 1. The standard InChI is InChI=1S/C16H18N4O3S/c1-3-23-13-7-5-4-6-12(13)20-9-11(8-14(20)21)15(22)17-16-19-18-10(2)24-16/h4-7,11H,3,8-9H2,1-2H3,(H,17,19,22). The van der Waals surface area contributed by atoms with Crippen LogP contribution < -0.4 is 15.0 Å². The van der Waals surface area contributed by atoms with Crippen molar-refractivity contribution < 1.29 is 14.3 Å². The van der Waals surface area contributed by atoms with Crippen LogP contribution in [-0.4, -0.2) is 35.2 Å². The average molecular weight is 346 g/mol. The van der Waals surface area contributed by atoms with Crippen LogP contribution in [0.3, 0.4) is 0 Å². The fourth-order valence-corrected chi connectivity index (χ4v) is 3.22. The number of hydrogen-bond donors (Lipinski definition) is 1. The second-order valence-electron chi connectivity index (χ2n) is 5.42. The minimum absolute atomic E-state index is 0.0873. The number of aryl methyl sites for hydroxylation is 1. The molecular formula is C16H18N4O3S. The van der Waals surface area contributed by atoms with Gasteiger partial charge in [-0.05, 0) is 26.0 Å². The Balaban J connectivity index is 1.73. The molecule has 0 radical (unpaired) electrons. The largest absolute Gasteiger partial charge is 0.492 e. The molecular weight excluding hydrogens is 328 g/mol. The van der Waals surface area contributed by atoms with Gasteiger partial charge in [0.05, 0.1) is 18.2 Å². The number of aromatic nitrogens is 2. The van der Waals surface area contributed by atoms with E-state index < -0.39 is 5.92 Å². The van der Waals surface area contributed by atoms with Gasteiger partial charge >= 0.3 is 0 Å². The normalized spacial score (nSPS) is 17.2. The van der Waals surface area contributed by atoms with E-state index in [9.17, 15) is 9.59 Å². The number of anilines is 2. The summed E-state index contributed by atoms with van der Waals surface area (Å²) in [5.41, 5.74) is 0.700. The summed E-state index contributed by atoms with van der Waals surface area (Å²) in [5.74, 6) is -0.0721. The summed E-state index contributed by atoms with van der Waals surface area (Å²) >= 11 is 1.31. The lowest BCUT2D eigenvalue weighted by Crippen LogP contribution is -2.28. The smallest absolute Gasteiger partial charge is 0.231 e. The van der Waals surface area contributed by atoms with E-state index in [1.165, 1.54) is 11.3 Å². The fraction of sp³-hybridized carbons (Fsp3) is 0.375. The Morgan fingerprint density at radius 3 is 2.92 bits per heavy atom. The molecule has 0 spiro atoms. The highest BCUT2D eigenvalue weighted by Crippen LogP contribution is 2.33. The van der Waals surface area contributed by atoms with Crippen LogP contribution in [0.25, 0.3) is 0 Å². The number of nitrogens with one attached hydrogen (secondary N) is 1. The first-order valence-corrected chi connectivity index (χ1v) is 8.53. The van der Waals surface area contributed by atoms with Crippen molar-refractivity contribution in [1.82, 2.24) is 10.2 Å². The van der Waals surface area contributed by atoms with E-state index in [-0.39, 0.29) is 18.2 Å². The Kier molecular flexibility index (Phi) is 4.75. The minimum atomic E-state index is -0.420. The van der Waals surface area contributed by atoms with Crippen LogP contribution in [0.2, 0.25) is 0 Å². The number of rotatable bonds is 5. The predicted molar refractivity (Wildman–Crippen MR) is 91.3 cm³/mol. The van der Waals surface area contributed by atoms with E-state index in [4.69, 9.17) is 4.74 Å². The number of nitrogens with zero attached hydrogens (tertiary/aromatic N) is 3. The van der Waals surface area contributed by atoms with Gasteiger partial charge in [-0.15, -0.1) is 10.2 Å². The van der Waals surface area contributed by atoms with E-state index >= 15 is 0 Å². The summed E-state index contributed by atoms with van der Waals surface area (Å²) in [6.45, 7) is 4.55. The Morgan fingerprint density at radius 1 is 1.42 bits per heavy atom. The quantitative estimate of drug-likeness (QED) is 0.897. The van der Waals surface area contributed by atoms with Crippen molar-refractivity contribution in [3.05, 3.63) is 29.3 Å². The first-order valence-electron chi connectivity index (χ1n) is 7.71. The predicted octanol–water partition coefficient (Wildman–Crippen LogP) is 2.24. The molecule has 1 N–H and O–H groups in total. The van der Waals surface area contributed by atoms with Crippen molar-refractivity contribution in [2.24, 2.45) is 5.92 Å². The Labute approximate surface area is 143 Å². The SMILES string of the molecule is CCOc1ccccc1N1CC(C(=O)Nc2nnc(C)s2)CC1=O. The van der Waals surface area contributed by atoms with Gasteiger partial charge in [-0.3, -0.25) is 9.59 Å². The zero-order chi connectivity index (χ0) is 17.1. The van der Waals surface area contributed by atoms with Gasteiger partial charge in [-0.25, -0.2) is 0 Å². The van der Waals surface area contributed by atoms with Crippen LogP contribution in [0.1, 0.15) is 18.4 Å². The third kappa shape index (κ3) is 3.38. The summed E-state index contributed by atoms with van der Waals surface area (Å²) in [6.07, 6.45) is 0.171. The van der Waals surface area contributed by atoms with Crippen LogP contribution in [0.5, 0.6) is 5.75 Å². The molecule has 0 bridgehead atoms. The molecule has 1 aliphatic rings. The van der Waals surface area contributed by atoms with Crippen molar-refractivity contribution in [1.29, 1.82) is 0 Å². The van der Waals surface area contributed by atoms with Crippen molar-refractivity contribution in [3.63, 3.8) is 0 Å². The monoisotopic (exact) mass is 346 g/mol. The molecule has 3 rings (SSSR count). The van der Waals surface area contributed by atoms with Gasteiger partial charge in [0, 0.05) is 13.0 Å². The molecule has 1 saturated heterocycles. The highest BCUT2D eigenvalue weighted by Gasteiger charge is 2.36. The molecule has 1 aromatic carbocycles. The summed E-state index contributed by atoms with van der Waals surface area (Å²) < 4.78 is 5.58. The summed E-state index contributed by atoms with van der Waals surface area (Å²) in [7, 11) is 0. The lowest BCUT2D eigenvalue weighted by atomic mass is 10.1. The van der Waals surface area contributed by atoms with E-state index in [2.05, 4.69) is 15.5 Å². The zero-order valence-electron chi connectivity index (χ0n) is 13.5. The molecule has 1 aliphatic heterocycles. The topological polar surface area (TPSA) is 84.4 Å². The van der Waals surface area contributed by atoms with Crippen LogP contribution in [0, 0.1) is 12.8 Å². The molecule has 126 valence electrons. The Hall–Kier alpha value is -2.48. The number of benzene rings is 1. The minimum Gasteiger partial charge on any atom is -0.492 e. The fourth-order valence-electron chi connectivity index (χ4n) is 2.63. The maximum atomic E-state index is 12.4. The van der Waals surface area contributed by atoms with Gasteiger partial charge in [-0.2, -0.15) is 0 Å². The molecule has 1 aromatic heterocycles. The number of hydrogen-bond acceptors (Lipinski definition) is 6. The molecule has 7 nitrogen and oxygen atoms in total. The first kappa shape index (κ1) is 16.4. The van der Waals surface area contributed by atoms with Gasteiger partial charge < -0.3 is 15.0 Å². The summed E-state index contributed by atoms with van der Waals surface area (Å²) in [5, 5.41) is 11.7. The first-order chi connectivity index (χ1) is 11.6. The lowest BCUT2D eigenvalue weighted by molar-refractivity contribution is -0.122. The number of carbonyl (C=O) groups is 2. The number of amides is 2. The summed E-state index contributed by atoms with van der Waals surface area (Å²) in [4.78, 5) is 26.4. The molecule has 2 amide bonds. The van der Waals surface area contributed by atoms with Gasteiger partial charge in [0.2, 0.25) is 16.9 Å². The molecule has 1 unspecified atom stereocenters. The molecule has 0 saturated carbocycles. The van der Waals surface area contributed by atoms with Crippen LogP contribution >= 0.6 is 11.3 Å². The molecule has 2 heterocycles. The van der Waals surface area contributed by atoms with Crippen molar-refractivity contribution in [2.75, 3.05) is 23.4 Å². The molecule has 0 aliphatic carbocycles. The van der Waals surface area contributed by atoms with E-state index in [1.807, 2.05) is 38.1 Å². The Morgan fingerprint density at radius 2 is 2.21 bits per heavy atom. The second kappa shape index (κ2) is 6.96. The molecule has 2 aromatic rings. The Bertz CT molecular complexity index is 761. The molecule has 8 heteroatoms. The van der Waals surface area contributed by atoms with Crippen LogP contribution in [-0.2, 0) is 9.59 Å². The van der Waals surface area contributed by atoms with E-state index in [0.29, 0.717) is 29.7 Å². The van der Waals surface area contributed by atoms with Gasteiger partial charge in [0.25, 0.3) is 0 Å². The molecule has 1 atom stereocenters. The summed E-state index contributed by atoms with van der Waals surface area (Å²) in [6, 6.07) is 7.36. The third-order valence-corrected chi connectivity index (χ3v) is 4.46. The van der Waals surface area contributed by atoms with Gasteiger partial charge in [0.1, 0.15) is 10.8 Å². The number of para-hydroxylation sites is 2. The van der Waals surface area contributed by atoms with Crippen LogP contribution in [0.15, 0.2) is 24.3 Å². The lowest BCUT2D eigenvalue weighted by Gasteiger charge is -2.20. The highest BCUT2D eigenvalue weighted by molar-refractivity contribution is 7.15. The van der Waals surface area contributed by atoms with E-state index in [1.54, 1.807) is 4.90 Å². The van der Waals surface area contributed by atoms with Crippen molar-refractivity contribution in [2.45, 2.75) is 20.3 Å². The second-order valence-corrected chi connectivity index (χ2v) is 6.60. The van der Waals surface area contributed by atoms with E-state index in [0.717, 1.165) is 5.01 Å². The van der Waals surface area contributed by atoms with Crippen LogP contribution in [0.4, 0.5) is 10.8 Å². The van der Waals surface area contributed by atoms with Gasteiger partial charge in [-0.1, -0.05) is 23.5 Å². The van der Waals surface area contributed by atoms with Gasteiger partial charge in [0.15, 0.2) is 0 Å². The highest BCUT2D eigenvalue weighted by atomic mass is 32.1. The zero-order valence-corrected chi connectivity index (χ0v) is 14.3. The average Bonchev–Trinajstić information content (AvgIpc) is 3.14. The molecule has 1 fully saturated rings. The van der Waals surface area contributed by atoms with Crippen molar-refractivity contribution >= 4 is 34.0 Å². The maximum absolute atomic E-state index is 12.4.